The van der Waals surface area contributed by atoms with Crippen LogP contribution in [0.4, 0.5) is 0 Å². The summed E-state index contributed by atoms with van der Waals surface area (Å²) in [7, 11) is 0. The van der Waals surface area contributed by atoms with Crippen molar-refractivity contribution < 1.29 is 9.90 Å². The Bertz CT molecular complexity index is 1380. The molecule has 0 heterocycles. The van der Waals surface area contributed by atoms with Crippen LogP contribution in [0.25, 0.3) is 0 Å². The summed E-state index contributed by atoms with van der Waals surface area (Å²) in [4.78, 5) is 12.3. The van der Waals surface area contributed by atoms with E-state index in [0.717, 1.165) is 35.1 Å². The summed E-state index contributed by atoms with van der Waals surface area (Å²) < 4.78 is 0. The van der Waals surface area contributed by atoms with Crippen LogP contribution < -0.4 is 0 Å². The van der Waals surface area contributed by atoms with E-state index in [2.05, 4.69) is 140 Å². The molecule has 2 rings (SSSR count). The second-order valence-electron chi connectivity index (χ2n) is 12.8. The monoisotopic (exact) mass is 564 g/mol. The third-order valence-corrected chi connectivity index (χ3v) is 8.27. The van der Waals surface area contributed by atoms with Gasteiger partial charge < -0.3 is 5.11 Å². The van der Waals surface area contributed by atoms with Gasteiger partial charge in [0.1, 0.15) is 0 Å². The van der Waals surface area contributed by atoms with Gasteiger partial charge in [-0.15, -0.1) is 0 Å². The van der Waals surface area contributed by atoms with E-state index in [1.165, 1.54) is 22.3 Å². The highest BCUT2D eigenvalue weighted by Gasteiger charge is 2.35. The molecule has 2 aliphatic carbocycles. The molecule has 1 unspecified atom stereocenters. The molecule has 0 fully saturated rings. The first-order chi connectivity index (χ1) is 19.7. The summed E-state index contributed by atoms with van der Waals surface area (Å²) in [6.45, 7) is 20.8. The van der Waals surface area contributed by atoms with Gasteiger partial charge in [-0.3, -0.25) is 4.79 Å². The van der Waals surface area contributed by atoms with Crippen LogP contribution in [0, 0.1) is 10.8 Å². The Morgan fingerprint density at radius 1 is 0.714 bits per heavy atom. The van der Waals surface area contributed by atoms with Gasteiger partial charge in [0.05, 0.1) is 11.5 Å². The molecule has 1 N–H and O–H groups in total. The van der Waals surface area contributed by atoms with Gasteiger partial charge in [0.25, 0.3) is 0 Å². The molecule has 0 saturated carbocycles. The zero-order chi connectivity index (χ0) is 31.5. The number of hydrogen-bond acceptors (Lipinski definition) is 2. The molecule has 2 aliphatic rings. The quantitative estimate of drug-likeness (QED) is 0.268. The molecule has 224 valence electrons. The molecule has 0 saturated heterocycles. The molecule has 0 bridgehead atoms. The van der Waals surface area contributed by atoms with E-state index >= 15 is 0 Å². The van der Waals surface area contributed by atoms with Gasteiger partial charge in [0.15, 0.2) is 5.78 Å². The van der Waals surface area contributed by atoms with Gasteiger partial charge in [0.2, 0.25) is 0 Å². The van der Waals surface area contributed by atoms with E-state index in [9.17, 15) is 9.90 Å². The molecule has 0 aromatic carbocycles. The lowest BCUT2D eigenvalue weighted by Gasteiger charge is -2.37. The maximum absolute atomic E-state index is 12.3. The molecule has 0 radical (unpaired) electrons. The fraction of sp³-hybridized carbons (Fsp3) is 0.375. The molecule has 42 heavy (non-hydrogen) atoms. The standard InChI is InChI=1S/C40H52O2/c1-29(17-13-19-31(3)21-25-35-33(5)23-27-37(41)39(35,7)8)15-11-12-16-30(2)18-14-20-32(4)22-26-36-34(6)24-28-38(42)40(36,9)10/h11-23,25-27,38,42H,24,28H2,1-10H3. The normalized spacial score (nSPS) is 22.9. The summed E-state index contributed by atoms with van der Waals surface area (Å²) in [5.74, 6) is 0.147. The lowest BCUT2D eigenvalue weighted by Crippen LogP contribution is -2.34. The van der Waals surface area contributed by atoms with E-state index in [1.54, 1.807) is 6.08 Å². The molecule has 0 amide bonds. The van der Waals surface area contributed by atoms with Crippen molar-refractivity contribution in [3.63, 3.8) is 0 Å². The maximum atomic E-state index is 12.3. The number of aliphatic hydroxyl groups excluding tert-OH is 1. The van der Waals surface area contributed by atoms with Crippen LogP contribution in [0.3, 0.4) is 0 Å². The topological polar surface area (TPSA) is 37.3 Å². The lowest BCUT2D eigenvalue weighted by molar-refractivity contribution is -0.120. The zero-order valence-electron chi connectivity index (χ0n) is 27.6. The van der Waals surface area contributed by atoms with Crippen molar-refractivity contribution in [2.45, 2.75) is 88.2 Å². The smallest absolute Gasteiger partial charge is 0.165 e. The minimum absolute atomic E-state index is 0.147. The lowest BCUT2D eigenvalue weighted by atomic mass is 9.70. The molecule has 0 aromatic heterocycles. The van der Waals surface area contributed by atoms with E-state index in [-0.39, 0.29) is 17.3 Å². The second kappa shape index (κ2) is 15.7. The number of rotatable bonds is 10. The van der Waals surface area contributed by atoms with Crippen molar-refractivity contribution in [2.24, 2.45) is 10.8 Å². The van der Waals surface area contributed by atoms with Crippen molar-refractivity contribution in [3.8, 4) is 0 Å². The summed E-state index contributed by atoms with van der Waals surface area (Å²) >= 11 is 0. The third-order valence-electron chi connectivity index (χ3n) is 8.27. The maximum Gasteiger partial charge on any atom is 0.165 e. The van der Waals surface area contributed by atoms with Crippen LogP contribution in [-0.2, 0) is 4.79 Å². The Labute approximate surface area is 256 Å². The molecule has 1 atom stereocenters. The molecule has 0 aromatic rings. The van der Waals surface area contributed by atoms with Crippen molar-refractivity contribution in [1.29, 1.82) is 0 Å². The van der Waals surface area contributed by atoms with Crippen molar-refractivity contribution in [3.05, 3.63) is 142 Å². The van der Waals surface area contributed by atoms with Crippen LogP contribution in [0.2, 0.25) is 0 Å². The first-order valence-corrected chi connectivity index (χ1v) is 15.1. The van der Waals surface area contributed by atoms with Gasteiger partial charge >= 0.3 is 0 Å². The molecule has 2 heteroatoms. The molecule has 0 spiro atoms. The predicted molar refractivity (Wildman–Crippen MR) is 183 cm³/mol. The van der Waals surface area contributed by atoms with Crippen LogP contribution in [0.15, 0.2) is 142 Å². The fourth-order valence-electron chi connectivity index (χ4n) is 5.17. The van der Waals surface area contributed by atoms with Crippen LogP contribution in [0.1, 0.15) is 82.1 Å². The van der Waals surface area contributed by atoms with Gasteiger partial charge in [-0.1, -0.05) is 133 Å². The Hall–Kier alpha value is -3.49. The van der Waals surface area contributed by atoms with E-state index in [0.29, 0.717) is 0 Å². The van der Waals surface area contributed by atoms with Crippen molar-refractivity contribution in [2.75, 3.05) is 0 Å². The average molecular weight is 565 g/mol. The molecule has 2 nitrogen and oxygen atoms in total. The number of hydrogen-bond donors (Lipinski definition) is 1. The number of carbonyl (C=O) groups excluding carboxylic acids is 1. The summed E-state index contributed by atoms with van der Waals surface area (Å²) in [5.41, 5.74) is 8.78. The van der Waals surface area contributed by atoms with Gasteiger partial charge in [-0.05, 0) is 91.0 Å². The van der Waals surface area contributed by atoms with Crippen LogP contribution in [-0.4, -0.2) is 17.0 Å². The number of carbonyl (C=O) groups is 1. The largest absolute Gasteiger partial charge is 0.392 e. The summed E-state index contributed by atoms with van der Waals surface area (Å²) in [6.07, 6.45) is 34.4. The Kier molecular flexibility index (Phi) is 12.9. The number of aliphatic hydroxyl groups is 1. The zero-order valence-corrected chi connectivity index (χ0v) is 27.6. The highest BCUT2D eigenvalue weighted by atomic mass is 16.3. The second-order valence-corrected chi connectivity index (χ2v) is 12.8. The molecular weight excluding hydrogens is 512 g/mol. The third kappa shape index (κ3) is 10.1. The van der Waals surface area contributed by atoms with Gasteiger partial charge in [-0.25, -0.2) is 0 Å². The first-order valence-electron chi connectivity index (χ1n) is 15.1. The summed E-state index contributed by atoms with van der Waals surface area (Å²) in [6, 6.07) is 0. The number of ketones is 1. The van der Waals surface area contributed by atoms with Crippen LogP contribution in [0.5, 0.6) is 0 Å². The molecular formula is C40H52O2. The average Bonchev–Trinajstić information content (AvgIpc) is 2.91. The van der Waals surface area contributed by atoms with E-state index < -0.39 is 5.41 Å². The van der Waals surface area contributed by atoms with Crippen LogP contribution >= 0.6 is 0 Å². The molecule has 0 aliphatic heterocycles. The fourth-order valence-corrected chi connectivity index (χ4v) is 5.17. The highest BCUT2D eigenvalue weighted by molar-refractivity contribution is 5.99. The highest BCUT2D eigenvalue weighted by Crippen LogP contribution is 2.41. The first kappa shape index (κ1) is 34.7. The Morgan fingerprint density at radius 2 is 1.17 bits per heavy atom. The van der Waals surface area contributed by atoms with Gasteiger partial charge in [-0.2, -0.15) is 0 Å². The summed E-state index contributed by atoms with van der Waals surface area (Å²) in [5, 5.41) is 10.4. The predicted octanol–water partition coefficient (Wildman–Crippen LogP) is 10.5. The van der Waals surface area contributed by atoms with E-state index in [1.807, 2.05) is 19.9 Å². The van der Waals surface area contributed by atoms with Gasteiger partial charge in [0, 0.05) is 5.41 Å². The SMILES string of the molecule is CC(C=CC=C(C)C=CC1=C(C)C=CC(=O)C1(C)C)=CC=CC=C(C)C=CC=C(C)C=CC1=C(C)CCC(O)C1(C)C. The Morgan fingerprint density at radius 3 is 1.69 bits per heavy atom. The van der Waals surface area contributed by atoms with E-state index in [4.69, 9.17) is 0 Å². The van der Waals surface area contributed by atoms with Crippen molar-refractivity contribution in [1.82, 2.24) is 0 Å². The van der Waals surface area contributed by atoms with Crippen molar-refractivity contribution >= 4 is 5.78 Å². The minimum Gasteiger partial charge on any atom is -0.392 e. The minimum atomic E-state index is -0.484. The number of allylic oxidation sites excluding steroid dienone is 23. The Balaban J connectivity index is 1.92.